The lowest BCUT2D eigenvalue weighted by molar-refractivity contribution is -0.133. The summed E-state index contributed by atoms with van der Waals surface area (Å²) < 4.78 is 5.01. The summed E-state index contributed by atoms with van der Waals surface area (Å²) in [4.78, 5) is 26.0. The maximum atomic E-state index is 12.5. The second-order valence-corrected chi connectivity index (χ2v) is 5.57. The number of nitriles is 1. The summed E-state index contributed by atoms with van der Waals surface area (Å²) in [6.45, 7) is 4.67. The average Bonchev–Trinajstić information content (AvgIpc) is 3.17. The van der Waals surface area contributed by atoms with Gasteiger partial charge in [0.15, 0.2) is 5.76 Å². The third kappa shape index (κ3) is 4.70. The summed E-state index contributed by atoms with van der Waals surface area (Å²) in [5.74, 6) is -0.147. The Bertz CT molecular complexity index is 745. The summed E-state index contributed by atoms with van der Waals surface area (Å²) in [5.41, 5.74) is 1.56. The van der Waals surface area contributed by atoms with Crippen LogP contribution in [0.1, 0.15) is 48.0 Å². The molecule has 130 valence electrons. The van der Waals surface area contributed by atoms with Crippen LogP contribution in [-0.4, -0.2) is 29.8 Å². The average molecular weight is 339 g/mol. The molecule has 0 saturated heterocycles. The molecule has 0 aliphatic heterocycles. The molecule has 1 unspecified atom stereocenters. The summed E-state index contributed by atoms with van der Waals surface area (Å²) >= 11 is 0. The number of hydrogen-bond acceptors (Lipinski definition) is 4. The fourth-order valence-electron chi connectivity index (χ4n) is 2.60. The number of hydrogen-bond donors (Lipinski definition) is 1. The zero-order valence-corrected chi connectivity index (χ0v) is 14.4. The molecule has 0 spiro atoms. The number of benzene rings is 1. The van der Waals surface area contributed by atoms with Gasteiger partial charge in [0.1, 0.15) is 0 Å². The highest BCUT2D eigenvalue weighted by Gasteiger charge is 2.20. The normalized spacial score (nSPS) is 11.4. The van der Waals surface area contributed by atoms with Crippen molar-refractivity contribution in [3.63, 3.8) is 0 Å². The van der Waals surface area contributed by atoms with Crippen molar-refractivity contribution in [1.29, 1.82) is 5.26 Å². The van der Waals surface area contributed by atoms with Crippen LogP contribution in [0.3, 0.4) is 0 Å². The molecular formula is C19H21N3O3. The molecule has 0 aliphatic rings. The first-order valence-electron chi connectivity index (χ1n) is 8.18. The number of furan rings is 1. The smallest absolute Gasteiger partial charge is 0.286 e. The molecule has 2 rings (SSSR count). The molecule has 2 aromatic rings. The van der Waals surface area contributed by atoms with Gasteiger partial charge in [-0.05, 0) is 43.7 Å². The van der Waals surface area contributed by atoms with E-state index in [1.54, 1.807) is 29.2 Å². The topological polar surface area (TPSA) is 86.3 Å². The Morgan fingerprint density at radius 3 is 2.56 bits per heavy atom. The summed E-state index contributed by atoms with van der Waals surface area (Å²) in [7, 11) is 0. The minimum atomic E-state index is -0.332. The molecule has 6 heteroatoms. The number of amides is 2. The maximum absolute atomic E-state index is 12.5. The lowest BCUT2D eigenvalue weighted by Crippen LogP contribution is -2.36. The Morgan fingerprint density at radius 1 is 1.28 bits per heavy atom. The Balaban J connectivity index is 1.91. The summed E-state index contributed by atoms with van der Waals surface area (Å²) in [5, 5.41) is 11.5. The molecule has 0 saturated carbocycles. The SMILES string of the molecule is CCN(C(=O)CCNC(=O)c1ccco1)C(C)c1ccc(C#N)cc1. The molecule has 2 amide bonds. The van der Waals surface area contributed by atoms with Crippen LogP contribution in [0.5, 0.6) is 0 Å². The Morgan fingerprint density at radius 2 is 2.00 bits per heavy atom. The van der Waals surface area contributed by atoms with E-state index in [-0.39, 0.29) is 36.6 Å². The van der Waals surface area contributed by atoms with Crippen LogP contribution in [0.4, 0.5) is 0 Å². The molecule has 1 N–H and O–H groups in total. The van der Waals surface area contributed by atoms with Crippen molar-refractivity contribution in [3.8, 4) is 6.07 Å². The van der Waals surface area contributed by atoms with Gasteiger partial charge in [0.05, 0.1) is 23.9 Å². The first kappa shape index (κ1) is 18.3. The van der Waals surface area contributed by atoms with Crippen molar-refractivity contribution in [1.82, 2.24) is 10.2 Å². The molecule has 0 radical (unpaired) electrons. The predicted molar refractivity (Wildman–Crippen MR) is 92.6 cm³/mol. The van der Waals surface area contributed by atoms with Crippen LogP contribution in [-0.2, 0) is 4.79 Å². The Kier molecular flexibility index (Phi) is 6.35. The summed E-state index contributed by atoms with van der Waals surface area (Å²) in [6.07, 6.45) is 1.64. The fourth-order valence-corrected chi connectivity index (χ4v) is 2.60. The first-order chi connectivity index (χ1) is 12.1. The highest BCUT2D eigenvalue weighted by atomic mass is 16.3. The molecular weight excluding hydrogens is 318 g/mol. The first-order valence-corrected chi connectivity index (χ1v) is 8.18. The number of carbonyl (C=O) groups is 2. The van der Waals surface area contributed by atoms with Crippen LogP contribution < -0.4 is 5.32 Å². The lowest BCUT2D eigenvalue weighted by Gasteiger charge is -2.28. The van der Waals surface area contributed by atoms with Crippen molar-refractivity contribution in [2.24, 2.45) is 0 Å². The van der Waals surface area contributed by atoms with Gasteiger partial charge in [0, 0.05) is 19.5 Å². The van der Waals surface area contributed by atoms with E-state index >= 15 is 0 Å². The van der Waals surface area contributed by atoms with Crippen molar-refractivity contribution >= 4 is 11.8 Å². The molecule has 1 atom stereocenters. The van der Waals surface area contributed by atoms with Crippen molar-refractivity contribution in [3.05, 3.63) is 59.5 Å². The highest BCUT2D eigenvalue weighted by molar-refractivity contribution is 5.91. The highest BCUT2D eigenvalue weighted by Crippen LogP contribution is 2.21. The zero-order chi connectivity index (χ0) is 18.2. The number of nitrogens with zero attached hydrogens (tertiary/aromatic N) is 2. The van der Waals surface area contributed by atoms with Gasteiger partial charge in [0.25, 0.3) is 5.91 Å². The standard InChI is InChI=1S/C19H21N3O3/c1-3-22(14(2)16-8-6-15(13-20)7-9-16)18(23)10-11-21-19(24)17-5-4-12-25-17/h4-9,12,14H,3,10-11H2,1-2H3,(H,21,24). The Hall–Kier alpha value is -3.07. The zero-order valence-electron chi connectivity index (χ0n) is 14.4. The van der Waals surface area contributed by atoms with Crippen LogP contribution in [0.15, 0.2) is 47.1 Å². The maximum Gasteiger partial charge on any atom is 0.286 e. The van der Waals surface area contributed by atoms with Gasteiger partial charge < -0.3 is 14.6 Å². The fraction of sp³-hybridized carbons (Fsp3) is 0.316. The van der Waals surface area contributed by atoms with E-state index in [1.807, 2.05) is 26.0 Å². The second kappa shape index (κ2) is 8.69. The predicted octanol–water partition coefficient (Wildman–Crippen LogP) is 2.88. The molecule has 0 aliphatic carbocycles. The van der Waals surface area contributed by atoms with E-state index < -0.39 is 0 Å². The molecule has 0 bridgehead atoms. The largest absolute Gasteiger partial charge is 0.459 e. The minimum Gasteiger partial charge on any atom is -0.459 e. The number of rotatable bonds is 7. The van der Waals surface area contributed by atoms with Crippen molar-refractivity contribution in [2.75, 3.05) is 13.1 Å². The number of carbonyl (C=O) groups excluding carboxylic acids is 2. The van der Waals surface area contributed by atoms with Gasteiger partial charge in [-0.2, -0.15) is 5.26 Å². The van der Waals surface area contributed by atoms with Crippen molar-refractivity contribution < 1.29 is 14.0 Å². The lowest BCUT2D eigenvalue weighted by atomic mass is 10.0. The monoisotopic (exact) mass is 339 g/mol. The van der Waals surface area contributed by atoms with E-state index in [2.05, 4.69) is 11.4 Å². The Labute approximate surface area is 147 Å². The van der Waals surface area contributed by atoms with E-state index in [0.717, 1.165) is 5.56 Å². The van der Waals surface area contributed by atoms with Gasteiger partial charge in [-0.3, -0.25) is 9.59 Å². The van der Waals surface area contributed by atoms with Gasteiger partial charge >= 0.3 is 0 Å². The van der Waals surface area contributed by atoms with Gasteiger partial charge in [-0.1, -0.05) is 12.1 Å². The van der Waals surface area contributed by atoms with Crippen LogP contribution in [0.25, 0.3) is 0 Å². The molecule has 6 nitrogen and oxygen atoms in total. The minimum absolute atomic E-state index is 0.0425. The van der Waals surface area contributed by atoms with E-state index in [9.17, 15) is 9.59 Å². The van der Waals surface area contributed by atoms with Gasteiger partial charge in [-0.25, -0.2) is 0 Å². The molecule has 1 aromatic carbocycles. The summed E-state index contributed by atoms with van der Waals surface area (Å²) in [6, 6.07) is 12.4. The van der Waals surface area contributed by atoms with Crippen LogP contribution in [0.2, 0.25) is 0 Å². The van der Waals surface area contributed by atoms with E-state index in [4.69, 9.17) is 9.68 Å². The molecule has 25 heavy (non-hydrogen) atoms. The molecule has 0 fully saturated rings. The van der Waals surface area contributed by atoms with Crippen molar-refractivity contribution in [2.45, 2.75) is 26.3 Å². The molecule has 1 heterocycles. The van der Waals surface area contributed by atoms with E-state index in [1.165, 1.54) is 6.26 Å². The third-order valence-corrected chi connectivity index (χ3v) is 4.02. The second-order valence-electron chi connectivity index (χ2n) is 5.57. The van der Waals surface area contributed by atoms with Gasteiger partial charge in [0.2, 0.25) is 5.91 Å². The van der Waals surface area contributed by atoms with Gasteiger partial charge in [-0.15, -0.1) is 0 Å². The molecule has 1 aromatic heterocycles. The van der Waals surface area contributed by atoms with Crippen LogP contribution in [0, 0.1) is 11.3 Å². The van der Waals surface area contributed by atoms with E-state index in [0.29, 0.717) is 12.1 Å². The number of nitrogens with one attached hydrogen (secondary N) is 1. The quantitative estimate of drug-likeness (QED) is 0.840. The van der Waals surface area contributed by atoms with Crippen LogP contribution >= 0.6 is 0 Å². The third-order valence-electron chi connectivity index (χ3n) is 4.02.